The van der Waals surface area contributed by atoms with Crippen LogP contribution >= 0.6 is 11.8 Å². The van der Waals surface area contributed by atoms with Crippen LogP contribution < -0.4 is 0 Å². The largest absolute Gasteiger partial charge is 0.338 e. The monoisotopic (exact) mass is 488 g/mol. The second-order valence-electron chi connectivity index (χ2n) is 7.49. The number of hydrogen-bond acceptors (Lipinski definition) is 8. The van der Waals surface area contributed by atoms with Crippen molar-refractivity contribution in [1.82, 2.24) is 24.9 Å². The average Bonchev–Trinajstić information content (AvgIpc) is 3.51. The number of non-ortho nitro benzene ring substituents is 1. The van der Waals surface area contributed by atoms with Crippen LogP contribution in [0.25, 0.3) is 22.8 Å². The van der Waals surface area contributed by atoms with Crippen molar-refractivity contribution in [2.75, 3.05) is 0 Å². The molecule has 5 aromatic rings. The first-order valence-corrected chi connectivity index (χ1v) is 11.5. The molecule has 2 aromatic heterocycles. The summed E-state index contributed by atoms with van der Waals surface area (Å²) in [7, 11) is 0. The SMILES string of the molecule is O=[N+]([O-])c1ccc(-c2noc(CSc3nnc(-c4ccc(F)cc4)n3Cc3ccccc3)n2)cc1. The summed E-state index contributed by atoms with van der Waals surface area (Å²) in [5, 5.41) is 24.2. The summed E-state index contributed by atoms with van der Waals surface area (Å²) < 4.78 is 20.8. The molecule has 0 fully saturated rings. The Labute approximate surface area is 202 Å². The van der Waals surface area contributed by atoms with E-state index in [4.69, 9.17) is 4.52 Å². The lowest BCUT2D eigenvalue weighted by Crippen LogP contribution is -2.04. The van der Waals surface area contributed by atoms with Crippen LogP contribution in [0.2, 0.25) is 0 Å². The third-order valence-electron chi connectivity index (χ3n) is 5.13. The van der Waals surface area contributed by atoms with E-state index in [9.17, 15) is 14.5 Å². The van der Waals surface area contributed by atoms with Crippen molar-refractivity contribution >= 4 is 17.4 Å². The zero-order valence-corrected chi connectivity index (χ0v) is 18.9. The smallest absolute Gasteiger partial charge is 0.269 e. The summed E-state index contributed by atoms with van der Waals surface area (Å²) in [6.07, 6.45) is 0. The Kier molecular flexibility index (Phi) is 6.31. The van der Waals surface area contributed by atoms with Gasteiger partial charge in [-0.3, -0.25) is 14.7 Å². The number of nitrogens with zero attached hydrogens (tertiary/aromatic N) is 6. The third kappa shape index (κ3) is 5.09. The van der Waals surface area contributed by atoms with Crippen LogP contribution in [0.4, 0.5) is 10.1 Å². The maximum Gasteiger partial charge on any atom is 0.269 e. The molecule has 0 amide bonds. The molecule has 35 heavy (non-hydrogen) atoms. The number of halogens is 1. The molecule has 174 valence electrons. The molecule has 0 radical (unpaired) electrons. The molecule has 0 aliphatic carbocycles. The Morgan fingerprint density at radius 1 is 0.943 bits per heavy atom. The van der Waals surface area contributed by atoms with Crippen molar-refractivity contribution in [3.8, 4) is 22.8 Å². The highest BCUT2D eigenvalue weighted by Crippen LogP contribution is 2.28. The summed E-state index contributed by atoms with van der Waals surface area (Å²) in [4.78, 5) is 14.8. The normalized spacial score (nSPS) is 11.0. The number of nitro groups is 1. The van der Waals surface area contributed by atoms with E-state index in [2.05, 4.69) is 20.3 Å². The number of aromatic nitrogens is 5. The minimum Gasteiger partial charge on any atom is -0.338 e. The number of hydrogen-bond donors (Lipinski definition) is 0. The Bertz CT molecular complexity index is 1450. The van der Waals surface area contributed by atoms with E-state index in [-0.39, 0.29) is 11.5 Å². The van der Waals surface area contributed by atoms with Gasteiger partial charge in [0.05, 0.1) is 17.2 Å². The van der Waals surface area contributed by atoms with Crippen LogP contribution in [0.3, 0.4) is 0 Å². The van der Waals surface area contributed by atoms with Gasteiger partial charge in [-0.1, -0.05) is 47.3 Å². The van der Waals surface area contributed by atoms with Crippen LogP contribution in [0.15, 0.2) is 88.5 Å². The average molecular weight is 489 g/mol. The molecule has 5 rings (SSSR count). The highest BCUT2D eigenvalue weighted by molar-refractivity contribution is 7.98. The zero-order chi connectivity index (χ0) is 24.2. The van der Waals surface area contributed by atoms with Crippen LogP contribution in [-0.4, -0.2) is 29.8 Å². The van der Waals surface area contributed by atoms with E-state index in [1.54, 1.807) is 24.3 Å². The molecular formula is C24H17FN6O3S. The standard InChI is InChI=1S/C24H17FN6O3S/c25-19-10-6-18(7-11-19)23-27-28-24(30(23)14-16-4-2-1-3-5-16)35-15-21-26-22(29-34-21)17-8-12-20(13-9-17)31(32)33/h1-13H,14-15H2. The molecule has 0 aliphatic heterocycles. The van der Waals surface area contributed by atoms with Gasteiger partial charge in [0, 0.05) is 23.3 Å². The fourth-order valence-corrected chi connectivity index (χ4v) is 4.18. The number of benzene rings is 3. The van der Waals surface area contributed by atoms with Gasteiger partial charge in [0.15, 0.2) is 11.0 Å². The highest BCUT2D eigenvalue weighted by Gasteiger charge is 2.17. The first kappa shape index (κ1) is 22.4. The van der Waals surface area contributed by atoms with E-state index in [1.165, 1.54) is 36.0 Å². The van der Waals surface area contributed by atoms with Crippen LogP contribution in [0, 0.1) is 15.9 Å². The molecule has 0 bridgehead atoms. The molecule has 0 N–H and O–H groups in total. The molecule has 0 spiro atoms. The lowest BCUT2D eigenvalue weighted by molar-refractivity contribution is -0.384. The van der Waals surface area contributed by atoms with Gasteiger partial charge in [-0.05, 0) is 42.0 Å². The van der Waals surface area contributed by atoms with E-state index in [0.29, 0.717) is 40.6 Å². The summed E-state index contributed by atoms with van der Waals surface area (Å²) in [6, 6.07) is 21.9. The Morgan fingerprint density at radius 2 is 1.66 bits per heavy atom. The van der Waals surface area contributed by atoms with Crippen molar-refractivity contribution in [1.29, 1.82) is 0 Å². The molecule has 11 heteroatoms. The van der Waals surface area contributed by atoms with Gasteiger partial charge in [0.25, 0.3) is 5.69 Å². The quantitative estimate of drug-likeness (QED) is 0.162. The van der Waals surface area contributed by atoms with Crippen LogP contribution in [0.1, 0.15) is 11.5 Å². The number of thioether (sulfide) groups is 1. The fraction of sp³-hybridized carbons (Fsp3) is 0.0833. The Balaban J connectivity index is 1.37. The van der Waals surface area contributed by atoms with Crippen molar-refractivity contribution in [2.24, 2.45) is 0 Å². The minimum atomic E-state index is -0.464. The summed E-state index contributed by atoms with van der Waals surface area (Å²) in [5.41, 5.74) is 2.42. The first-order valence-electron chi connectivity index (χ1n) is 10.5. The number of rotatable bonds is 8. The molecule has 0 aliphatic rings. The molecule has 0 saturated carbocycles. The van der Waals surface area contributed by atoms with Crippen LogP contribution in [0.5, 0.6) is 0 Å². The van der Waals surface area contributed by atoms with Crippen molar-refractivity contribution in [3.05, 3.63) is 106 Å². The number of nitro benzene ring substituents is 1. The molecule has 2 heterocycles. The van der Waals surface area contributed by atoms with Crippen molar-refractivity contribution in [2.45, 2.75) is 17.5 Å². The molecule has 9 nitrogen and oxygen atoms in total. The second-order valence-corrected chi connectivity index (χ2v) is 8.43. The van der Waals surface area contributed by atoms with Gasteiger partial charge in [-0.2, -0.15) is 4.98 Å². The molecule has 0 saturated heterocycles. The highest BCUT2D eigenvalue weighted by atomic mass is 32.2. The topological polar surface area (TPSA) is 113 Å². The third-order valence-corrected chi connectivity index (χ3v) is 6.08. The first-order chi connectivity index (χ1) is 17.1. The van der Waals surface area contributed by atoms with E-state index >= 15 is 0 Å². The predicted octanol–water partition coefficient (Wildman–Crippen LogP) is 5.38. The maximum atomic E-state index is 13.4. The molecule has 0 unspecified atom stereocenters. The summed E-state index contributed by atoms with van der Waals surface area (Å²) in [5.74, 6) is 1.36. The van der Waals surface area contributed by atoms with Gasteiger partial charge < -0.3 is 4.52 Å². The lowest BCUT2D eigenvalue weighted by atomic mass is 10.2. The van der Waals surface area contributed by atoms with Crippen molar-refractivity contribution in [3.63, 3.8) is 0 Å². The predicted molar refractivity (Wildman–Crippen MR) is 127 cm³/mol. The zero-order valence-electron chi connectivity index (χ0n) is 18.1. The van der Waals surface area contributed by atoms with E-state index < -0.39 is 4.92 Å². The molecule has 3 aromatic carbocycles. The lowest BCUT2D eigenvalue weighted by Gasteiger charge is -2.10. The Hall–Kier alpha value is -4.38. The molecule has 0 atom stereocenters. The van der Waals surface area contributed by atoms with Gasteiger partial charge in [0.1, 0.15) is 5.82 Å². The fourth-order valence-electron chi connectivity index (χ4n) is 3.41. The maximum absolute atomic E-state index is 13.4. The minimum absolute atomic E-state index is 0.0114. The van der Waals surface area contributed by atoms with Crippen LogP contribution in [-0.2, 0) is 12.3 Å². The summed E-state index contributed by atoms with van der Waals surface area (Å²) in [6.45, 7) is 0.529. The Morgan fingerprint density at radius 3 is 2.37 bits per heavy atom. The van der Waals surface area contributed by atoms with E-state index in [1.807, 2.05) is 34.9 Å². The van der Waals surface area contributed by atoms with Gasteiger partial charge in [0.2, 0.25) is 11.7 Å². The molecular weight excluding hydrogens is 471 g/mol. The second kappa shape index (κ2) is 9.85. The van der Waals surface area contributed by atoms with E-state index in [0.717, 1.165) is 11.1 Å². The van der Waals surface area contributed by atoms with Gasteiger partial charge in [-0.15, -0.1) is 10.2 Å². The van der Waals surface area contributed by atoms with Gasteiger partial charge in [-0.25, -0.2) is 4.39 Å². The summed E-state index contributed by atoms with van der Waals surface area (Å²) >= 11 is 1.38. The van der Waals surface area contributed by atoms with Crippen molar-refractivity contribution < 1.29 is 13.8 Å². The van der Waals surface area contributed by atoms with Gasteiger partial charge >= 0.3 is 0 Å².